The maximum Gasteiger partial charge on any atom is 0.0717 e. The first-order valence-electron chi connectivity index (χ1n) is 7.41. The number of benzene rings is 1. The third-order valence-electron chi connectivity index (χ3n) is 4.31. The highest BCUT2D eigenvalue weighted by atomic mass is 79.9. The number of anilines is 1. The van der Waals surface area contributed by atoms with Gasteiger partial charge >= 0.3 is 0 Å². The molecule has 0 saturated carbocycles. The fraction of sp³-hybridized carbons (Fsp3) is 0.625. The predicted octanol–water partition coefficient (Wildman–Crippen LogP) is 4.61. The summed E-state index contributed by atoms with van der Waals surface area (Å²) in [4.78, 5) is 0. The van der Waals surface area contributed by atoms with Crippen LogP contribution in [0.3, 0.4) is 0 Å². The number of aryl methyl sites for hydroxylation is 1. The lowest BCUT2D eigenvalue weighted by molar-refractivity contribution is -0.0865. The minimum Gasteiger partial charge on any atom is -0.382 e. The first-order chi connectivity index (χ1) is 9.65. The third-order valence-corrected chi connectivity index (χ3v) is 5.75. The zero-order valence-corrected chi connectivity index (χ0v) is 14.4. The maximum absolute atomic E-state index is 6.16. The van der Waals surface area contributed by atoms with Crippen LogP contribution in [0.4, 0.5) is 5.69 Å². The number of ether oxygens (including phenoxy) is 1. The van der Waals surface area contributed by atoms with Gasteiger partial charge in [-0.2, -0.15) is 11.8 Å². The second-order valence-electron chi connectivity index (χ2n) is 6.00. The second kappa shape index (κ2) is 6.29. The van der Waals surface area contributed by atoms with Gasteiger partial charge in [-0.3, -0.25) is 0 Å². The number of hydrogen-bond donors (Lipinski definition) is 1. The normalized spacial score (nSPS) is 25.6. The van der Waals surface area contributed by atoms with Gasteiger partial charge in [-0.1, -0.05) is 15.9 Å². The van der Waals surface area contributed by atoms with Gasteiger partial charge in [0.05, 0.1) is 5.60 Å². The Hall–Kier alpha value is -0.190. The second-order valence-corrected chi connectivity index (χ2v) is 8.14. The monoisotopic (exact) mass is 355 g/mol. The Kier molecular flexibility index (Phi) is 4.63. The Labute approximate surface area is 134 Å². The first-order valence-corrected chi connectivity index (χ1v) is 9.35. The molecule has 0 aromatic heterocycles. The van der Waals surface area contributed by atoms with Crippen LogP contribution in [0.25, 0.3) is 0 Å². The van der Waals surface area contributed by atoms with Crippen molar-refractivity contribution >= 4 is 33.4 Å². The smallest absolute Gasteiger partial charge is 0.0717 e. The van der Waals surface area contributed by atoms with Gasteiger partial charge in [0, 0.05) is 22.8 Å². The highest BCUT2D eigenvalue weighted by Gasteiger charge is 2.38. The van der Waals surface area contributed by atoms with E-state index in [9.17, 15) is 0 Å². The molecule has 0 bridgehead atoms. The van der Waals surface area contributed by atoms with Crippen LogP contribution in [0.15, 0.2) is 22.7 Å². The summed E-state index contributed by atoms with van der Waals surface area (Å²) < 4.78 is 7.31. The van der Waals surface area contributed by atoms with E-state index in [0.717, 1.165) is 23.9 Å². The summed E-state index contributed by atoms with van der Waals surface area (Å²) >= 11 is 5.65. The molecule has 1 atom stereocenters. The van der Waals surface area contributed by atoms with Crippen molar-refractivity contribution in [2.75, 3.05) is 23.4 Å². The zero-order chi connectivity index (χ0) is 14.0. The number of nitrogens with one attached hydrogen (secondary N) is 1. The Morgan fingerprint density at radius 1 is 1.30 bits per heavy atom. The number of thioether (sulfide) groups is 1. The number of halogens is 1. The van der Waals surface area contributed by atoms with Crippen LogP contribution in [-0.2, 0) is 4.74 Å². The van der Waals surface area contributed by atoms with E-state index in [2.05, 4.69) is 58.1 Å². The van der Waals surface area contributed by atoms with Crippen molar-refractivity contribution in [1.29, 1.82) is 0 Å². The Morgan fingerprint density at radius 3 is 2.85 bits per heavy atom. The van der Waals surface area contributed by atoms with Crippen molar-refractivity contribution in [3.05, 3.63) is 28.2 Å². The van der Waals surface area contributed by atoms with Gasteiger partial charge in [-0.05, 0) is 67.9 Å². The van der Waals surface area contributed by atoms with Gasteiger partial charge in [0.25, 0.3) is 0 Å². The van der Waals surface area contributed by atoms with Crippen molar-refractivity contribution in [1.82, 2.24) is 0 Å². The molecule has 2 aliphatic heterocycles. The van der Waals surface area contributed by atoms with E-state index in [0.29, 0.717) is 6.04 Å². The van der Waals surface area contributed by atoms with Gasteiger partial charge < -0.3 is 10.1 Å². The average molecular weight is 356 g/mol. The number of rotatable bonds is 2. The van der Waals surface area contributed by atoms with Crippen molar-refractivity contribution in [2.24, 2.45) is 0 Å². The molecule has 2 fully saturated rings. The molecule has 3 rings (SSSR count). The average Bonchev–Trinajstić information content (AvgIpc) is 2.38. The molecule has 2 heterocycles. The van der Waals surface area contributed by atoms with Gasteiger partial charge in [0.1, 0.15) is 0 Å². The van der Waals surface area contributed by atoms with Crippen LogP contribution in [0, 0.1) is 6.92 Å². The molecule has 1 spiro atoms. The van der Waals surface area contributed by atoms with Crippen molar-refractivity contribution in [3.8, 4) is 0 Å². The van der Waals surface area contributed by atoms with E-state index in [1.807, 2.05) is 0 Å². The largest absolute Gasteiger partial charge is 0.382 e. The predicted molar refractivity (Wildman–Crippen MR) is 90.8 cm³/mol. The van der Waals surface area contributed by atoms with Crippen LogP contribution in [0.5, 0.6) is 0 Å². The SMILES string of the molecule is Cc1cc(Br)cc(NC2CCOC3(CCSCC3)C2)c1. The fourth-order valence-electron chi connectivity index (χ4n) is 3.30. The molecule has 4 heteroatoms. The molecular weight excluding hydrogens is 334 g/mol. The van der Waals surface area contributed by atoms with Crippen LogP contribution >= 0.6 is 27.7 Å². The maximum atomic E-state index is 6.16. The number of hydrogen-bond acceptors (Lipinski definition) is 3. The van der Waals surface area contributed by atoms with Gasteiger partial charge in [0.15, 0.2) is 0 Å². The molecule has 1 N–H and O–H groups in total. The Balaban J connectivity index is 1.67. The van der Waals surface area contributed by atoms with Crippen molar-refractivity contribution in [3.63, 3.8) is 0 Å². The molecule has 2 aliphatic rings. The molecule has 1 aromatic rings. The molecule has 1 aromatic carbocycles. The topological polar surface area (TPSA) is 21.3 Å². The quantitative estimate of drug-likeness (QED) is 0.836. The van der Waals surface area contributed by atoms with Gasteiger partial charge in [-0.25, -0.2) is 0 Å². The zero-order valence-electron chi connectivity index (χ0n) is 12.0. The highest BCUT2D eigenvalue weighted by Crippen LogP contribution is 2.38. The molecule has 2 nitrogen and oxygen atoms in total. The lowest BCUT2D eigenvalue weighted by Gasteiger charge is -2.43. The summed E-state index contributed by atoms with van der Waals surface area (Å²) in [7, 11) is 0. The molecule has 0 radical (unpaired) electrons. The summed E-state index contributed by atoms with van der Waals surface area (Å²) in [6.07, 6.45) is 4.69. The van der Waals surface area contributed by atoms with Crippen molar-refractivity contribution in [2.45, 2.75) is 44.2 Å². The summed E-state index contributed by atoms with van der Waals surface area (Å²) in [5.41, 5.74) is 2.67. The first kappa shape index (κ1) is 14.7. The van der Waals surface area contributed by atoms with E-state index in [4.69, 9.17) is 4.74 Å². The molecule has 0 amide bonds. The van der Waals surface area contributed by atoms with Gasteiger partial charge in [-0.15, -0.1) is 0 Å². The lowest BCUT2D eigenvalue weighted by Crippen LogP contribution is -2.46. The molecule has 0 aliphatic carbocycles. The molecular formula is C16H22BrNOS. The van der Waals surface area contributed by atoms with Crippen LogP contribution in [0.2, 0.25) is 0 Å². The molecule has 20 heavy (non-hydrogen) atoms. The minimum absolute atomic E-state index is 0.155. The Bertz CT molecular complexity index is 448. The highest BCUT2D eigenvalue weighted by molar-refractivity contribution is 9.10. The van der Waals surface area contributed by atoms with Crippen molar-refractivity contribution < 1.29 is 4.74 Å². The minimum atomic E-state index is 0.155. The summed E-state index contributed by atoms with van der Waals surface area (Å²) in [5, 5.41) is 3.72. The van der Waals surface area contributed by atoms with Crippen LogP contribution in [-0.4, -0.2) is 29.8 Å². The van der Waals surface area contributed by atoms with Gasteiger partial charge in [0.2, 0.25) is 0 Å². The summed E-state index contributed by atoms with van der Waals surface area (Å²) in [6, 6.07) is 7.09. The van der Waals surface area contributed by atoms with E-state index in [1.165, 1.54) is 35.6 Å². The fourth-order valence-corrected chi connectivity index (χ4v) is 5.14. The molecule has 110 valence electrons. The Morgan fingerprint density at radius 2 is 2.10 bits per heavy atom. The molecule has 2 saturated heterocycles. The van der Waals surface area contributed by atoms with E-state index < -0.39 is 0 Å². The summed E-state index contributed by atoms with van der Waals surface area (Å²) in [6.45, 7) is 3.04. The summed E-state index contributed by atoms with van der Waals surface area (Å²) in [5.74, 6) is 2.51. The van der Waals surface area contributed by atoms with Crippen LogP contribution < -0.4 is 5.32 Å². The van der Waals surface area contributed by atoms with E-state index in [-0.39, 0.29) is 5.60 Å². The van der Waals surface area contributed by atoms with Crippen LogP contribution in [0.1, 0.15) is 31.2 Å². The van der Waals surface area contributed by atoms with E-state index >= 15 is 0 Å². The lowest BCUT2D eigenvalue weighted by atomic mass is 9.85. The third kappa shape index (κ3) is 3.52. The molecule has 1 unspecified atom stereocenters. The van der Waals surface area contributed by atoms with E-state index in [1.54, 1.807) is 0 Å². The standard InChI is InChI=1S/C16H22BrNOS/c1-12-8-13(17)10-15(9-12)18-14-2-5-19-16(11-14)3-6-20-7-4-16/h8-10,14,18H,2-7,11H2,1H3.